The molecule has 4 aromatic rings. The van der Waals surface area contributed by atoms with Crippen LogP contribution in [0.3, 0.4) is 0 Å². The van der Waals surface area contributed by atoms with Crippen LogP contribution in [-0.4, -0.2) is 31.4 Å². The van der Waals surface area contributed by atoms with E-state index in [9.17, 15) is 9.59 Å². The van der Waals surface area contributed by atoms with Gasteiger partial charge >= 0.3 is 0 Å². The molecule has 8 heteroatoms. The Hall–Kier alpha value is -4.20. The molecule has 0 bridgehead atoms. The van der Waals surface area contributed by atoms with E-state index < -0.39 is 6.04 Å². The fraction of sp³-hybridized carbons (Fsp3) is 0.0909. The third-order valence-electron chi connectivity index (χ3n) is 4.59. The maximum atomic E-state index is 12.9. The minimum absolute atomic E-state index is 0.203. The smallest absolute Gasteiger partial charge is 0.257 e. The molecule has 2 N–H and O–H groups in total. The molecule has 150 valence electrons. The lowest BCUT2D eigenvalue weighted by atomic mass is 10.1. The van der Waals surface area contributed by atoms with Crippen molar-refractivity contribution >= 4 is 23.2 Å². The second kappa shape index (κ2) is 8.44. The molecule has 2 heterocycles. The van der Waals surface area contributed by atoms with Gasteiger partial charge < -0.3 is 10.6 Å². The normalized spacial score (nSPS) is 11.6. The number of carbonyl (C=O) groups excluding carboxylic acids is 2. The third kappa shape index (κ3) is 4.12. The average molecular weight is 400 g/mol. The highest BCUT2D eigenvalue weighted by Crippen LogP contribution is 2.20. The van der Waals surface area contributed by atoms with E-state index in [0.29, 0.717) is 22.6 Å². The molecule has 0 fully saturated rings. The lowest BCUT2D eigenvalue weighted by Crippen LogP contribution is -2.24. The summed E-state index contributed by atoms with van der Waals surface area (Å²) >= 11 is 0. The first-order valence-corrected chi connectivity index (χ1v) is 9.42. The molecule has 0 saturated carbocycles. The zero-order valence-electron chi connectivity index (χ0n) is 16.3. The molecule has 2 aromatic heterocycles. The second-order valence-corrected chi connectivity index (χ2v) is 6.65. The van der Waals surface area contributed by atoms with Crippen molar-refractivity contribution in [3.63, 3.8) is 0 Å². The minimum atomic E-state index is -0.459. The first kappa shape index (κ1) is 19.1. The van der Waals surface area contributed by atoms with Gasteiger partial charge in [-0.25, -0.2) is 4.68 Å². The maximum Gasteiger partial charge on any atom is 0.257 e. The number of benzene rings is 2. The molecule has 0 aliphatic rings. The number of aromatic nitrogens is 4. The molecule has 0 aliphatic carbocycles. The summed E-state index contributed by atoms with van der Waals surface area (Å²) < 4.78 is 3.22. The molecule has 0 spiro atoms. The first-order chi connectivity index (χ1) is 14.6. The topological polar surface area (TPSA) is 93.8 Å². The highest BCUT2D eigenvalue weighted by molar-refractivity contribution is 6.07. The Balaban J connectivity index is 1.49. The van der Waals surface area contributed by atoms with Crippen LogP contribution in [0.5, 0.6) is 0 Å². The lowest BCUT2D eigenvalue weighted by Gasteiger charge is -2.14. The highest BCUT2D eigenvalue weighted by Gasteiger charge is 2.16. The molecule has 2 amide bonds. The number of nitrogens with zero attached hydrogens (tertiary/aromatic N) is 4. The number of carbonyl (C=O) groups is 2. The van der Waals surface area contributed by atoms with Crippen molar-refractivity contribution in [1.82, 2.24) is 19.6 Å². The molecular weight excluding hydrogens is 380 g/mol. The Morgan fingerprint density at radius 2 is 1.60 bits per heavy atom. The molecule has 30 heavy (non-hydrogen) atoms. The van der Waals surface area contributed by atoms with Crippen LogP contribution in [0.1, 0.15) is 23.3 Å². The van der Waals surface area contributed by atoms with Crippen molar-refractivity contribution in [1.29, 1.82) is 0 Å². The quantitative estimate of drug-likeness (QED) is 0.518. The van der Waals surface area contributed by atoms with Gasteiger partial charge in [-0.15, -0.1) is 0 Å². The summed E-state index contributed by atoms with van der Waals surface area (Å²) in [6.45, 7) is 1.76. The fourth-order valence-electron chi connectivity index (χ4n) is 3.03. The summed E-state index contributed by atoms with van der Waals surface area (Å²) in [5.74, 6) is -0.472. The standard InChI is InChI=1S/C22H20N6O2/c1-16(27-13-5-11-23-27)21(29)25-17-7-4-8-18(15-17)26-22(30)19-9-2-3-10-20(19)28-14-6-12-24-28/h2-16H,1H3,(H,25,29)(H,26,30)/t16-/m1/s1. The van der Waals surface area contributed by atoms with Gasteiger partial charge in [0.1, 0.15) is 6.04 Å². The van der Waals surface area contributed by atoms with Crippen LogP contribution in [0.4, 0.5) is 11.4 Å². The largest absolute Gasteiger partial charge is 0.324 e. The number of hydrogen-bond donors (Lipinski definition) is 2. The molecule has 0 radical (unpaired) electrons. The van der Waals surface area contributed by atoms with Crippen molar-refractivity contribution in [3.05, 3.63) is 91.0 Å². The van der Waals surface area contributed by atoms with Crippen LogP contribution in [0.2, 0.25) is 0 Å². The van der Waals surface area contributed by atoms with E-state index in [1.807, 2.05) is 12.1 Å². The lowest BCUT2D eigenvalue weighted by molar-refractivity contribution is -0.119. The van der Waals surface area contributed by atoms with Gasteiger partial charge in [0, 0.05) is 36.2 Å². The van der Waals surface area contributed by atoms with E-state index in [2.05, 4.69) is 20.8 Å². The first-order valence-electron chi connectivity index (χ1n) is 9.42. The summed E-state index contributed by atoms with van der Waals surface area (Å²) in [6, 6.07) is 17.3. The van der Waals surface area contributed by atoms with Gasteiger partial charge in [-0.05, 0) is 49.4 Å². The Morgan fingerprint density at radius 3 is 2.33 bits per heavy atom. The predicted octanol–water partition coefficient (Wildman–Crippen LogP) is 3.52. The molecular formula is C22H20N6O2. The van der Waals surface area contributed by atoms with Gasteiger partial charge in [0.25, 0.3) is 5.91 Å². The van der Waals surface area contributed by atoms with Crippen molar-refractivity contribution in [2.45, 2.75) is 13.0 Å². The third-order valence-corrected chi connectivity index (χ3v) is 4.59. The van der Waals surface area contributed by atoms with Gasteiger partial charge in [0.2, 0.25) is 5.91 Å². The van der Waals surface area contributed by atoms with Crippen LogP contribution in [0.15, 0.2) is 85.5 Å². The molecule has 1 atom stereocenters. The number of amides is 2. The van der Waals surface area contributed by atoms with Crippen molar-refractivity contribution in [2.24, 2.45) is 0 Å². The summed E-state index contributed by atoms with van der Waals surface area (Å²) in [4.78, 5) is 25.3. The predicted molar refractivity (Wildman–Crippen MR) is 114 cm³/mol. The van der Waals surface area contributed by atoms with Gasteiger partial charge in [0.15, 0.2) is 0 Å². The summed E-state index contributed by atoms with van der Waals surface area (Å²) in [5.41, 5.74) is 2.32. The van der Waals surface area contributed by atoms with Crippen LogP contribution < -0.4 is 10.6 Å². The van der Waals surface area contributed by atoms with Crippen molar-refractivity contribution < 1.29 is 9.59 Å². The van der Waals surface area contributed by atoms with Crippen molar-refractivity contribution in [2.75, 3.05) is 10.6 Å². The number of anilines is 2. The Bertz CT molecular complexity index is 1150. The van der Waals surface area contributed by atoms with E-state index in [0.717, 1.165) is 0 Å². The second-order valence-electron chi connectivity index (χ2n) is 6.65. The number of nitrogens with one attached hydrogen (secondary N) is 2. The van der Waals surface area contributed by atoms with Gasteiger partial charge in [0.05, 0.1) is 11.3 Å². The minimum Gasteiger partial charge on any atom is -0.324 e. The monoisotopic (exact) mass is 400 g/mol. The van der Waals surface area contributed by atoms with Gasteiger partial charge in [-0.3, -0.25) is 14.3 Å². The zero-order chi connectivity index (χ0) is 20.9. The maximum absolute atomic E-state index is 12.9. The summed E-state index contributed by atoms with van der Waals surface area (Å²) in [7, 11) is 0. The molecule has 0 saturated heterocycles. The molecule has 4 rings (SSSR count). The fourth-order valence-corrected chi connectivity index (χ4v) is 3.03. The average Bonchev–Trinajstić information content (AvgIpc) is 3.47. The van der Waals surface area contributed by atoms with E-state index in [1.165, 1.54) is 0 Å². The zero-order valence-corrected chi connectivity index (χ0v) is 16.3. The Kier molecular flexibility index (Phi) is 5.38. The van der Waals surface area contributed by atoms with E-state index >= 15 is 0 Å². The number of rotatable bonds is 6. The van der Waals surface area contributed by atoms with Crippen LogP contribution in [0, 0.1) is 0 Å². The van der Waals surface area contributed by atoms with Gasteiger partial charge in [-0.1, -0.05) is 18.2 Å². The van der Waals surface area contributed by atoms with Crippen LogP contribution >= 0.6 is 0 Å². The van der Waals surface area contributed by atoms with E-state index in [-0.39, 0.29) is 11.8 Å². The molecule has 8 nitrogen and oxygen atoms in total. The SMILES string of the molecule is C[C@H](C(=O)Nc1cccc(NC(=O)c2ccccc2-n2cccn2)c1)n1cccn1. The highest BCUT2D eigenvalue weighted by atomic mass is 16.2. The van der Waals surface area contributed by atoms with Crippen LogP contribution in [-0.2, 0) is 4.79 Å². The molecule has 0 aliphatic heterocycles. The van der Waals surface area contributed by atoms with E-state index in [1.54, 1.807) is 89.6 Å². The summed E-state index contributed by atoms with van der Waals surface area (Å²) in [6.07, 6.45) is 6.80. The molecule has 0 unspecified atom stereocenters. The Labute approximate surface area is 173 Å². The Morgan fingerprint density at radius 1 is 0.867 bits per heavy atom. The van der Waals surface area contributed by atoms with Crippen molar-refractivity contribution in [3.8, 4) is 5.69 Å². The van der Waals surface area contributed by atoms with E-state index in [4.69, 9.17) is 0 Å². The summed E-state index contributed by atoms with van der Waals surface area (Å²) in [5, 5.41) is 14.0. The number of hydrogen-bond acceptors (Lipinski definition) is 4. The van der Waals surface area contributed by atoms with Crippen LogP contribution in [0.25, 0.3) is 5.69 Å². The number of para-hydroxylation sites is 1. The van der Waals surface area contributed by atoms with Gasteiger partial charge in [-0.2, -0.15) is 10.2 Å². The molecule has 2 aromatic carbocycles.